The smallest absolute Gasteiger partial charge is 0.247 e. The van der Waals surface area contributed by atoms with Crippen molar-refractivity contribution in [3.8, 4) is 0 Å². The fraction of sp³-hybridized carbons (Fsp3) is 0.429. The number of hydrogen-bond donors (Lipinski definition) is 1. The molecule has 2 atom stereocenters. The third-order valence-corrected chi connectivity index (χ3v) is 2.78. The van der Waals surface area contributed by atoms with Crippen molar-refractivity contribution in [2.45, 2.75) is 12.0 Å². The fourth-order valence-electron chi connectivity index (χ4n) is 1.19. The predicted octanol–water partition coefficient (Wildman–Crippen LogP) is 0.111. The molecule has 2 rings (SSSR count). The van der Waals surface area contributed by atoms with E-state index in [2.05, 4.69) is 4.98 Å². The molecule has 1 saturated heterocycles. The quantitative estimate of drug-likeness (QED) is 0.709. The van der Waals surface area contributed by atoms with Crippen LogP contribution in [0.15, 0.2) is 11.6 Å². The Morgan fingerprint density at radius 3 is 3.08 bits per heavy atom. The van der Waals surface area contributed by atoms with Crippen LogP contribution in [0.1, 0.15) is 10.9 Å². The molecule has 0 aromatic carbocycles. The lowest BCUT2D eigenvalue weighted by Gasteiger charge is -2.32. The van der Waals surface area contributed by atoms with E-state index in [1.54, 1.807) is 6.20 Å². The highest BCUT2D eigenvalue weighted by atomic mass is 32.1. The number of carbonyl (C=O) groups excluding carboxylic acids is 1. The number of hydrogen-bond acceptors (Lipinski definition) is 4. The Morgan fingerprint density at radius 2 is 2.67 bits per heavy atom. The Labute approximate surface area is 73.4 Å². The van der Waals surface area contributed by atoms with Crippen LogP contribution >= 0.6 is 11.3 Å². The summed E-state index contributed by atoms with van der Waals surface area (Å²) in [4.78, 5) is 14.9. The third-order valence-electron chi connectivity index (χ3n) is 1.87. The maximum Gasteiger partial charge on any atom is 0.247 e. The molecular weight excluding hydrogens is 176 g/mol. The zero-order valence-corrected chi connectivity index (χ0v) is 7.08. The van der Waals surface area contributed by atoms with E-state index in [1.165, 1.54) is 11.3 Å². The molecule has 1 aromatic heterocycles. The molecule has 0 bridgehead atoms. The molecule has 0 spiro atoms. The van der Waals surface area contributed by atoms with Crippen molar-refractivity contribution in [3.63, 3.8) is 0 Å². The summed E-state index contributed by atoms with van der Waals surface area (Å²) in [6, 6.07) is 0. The van der Waals surface area contributed by atoms with E-state index in [9.17, 15) is 4.79 Å². The molecule has 2 heterocycles. The van der Waals surface area contributed by atoms with Crippen molar-refractivity contribution >= 4 is 17.2 Å². The topological polar surface area (TPSA) is 65.2 Å². The van der Waals surface area contributed by atoms with Gasteiger partial charge in [-0.25, -0.2) is 4.98 Å². The second kappa shape index (κ2) is 2.84. The fourth-order valence-corrected chi connectivity index (χ4v) is 1.94. The van der Waals surface area contributed by atoms with Gasteiger partial charge in [0.25, 0.3) is 0 Å². The molecule has 0 radical (unpaired) electrons. The first-order valence-corrected chi connectivity index (χ1v) is 4.47. The second-order valence-electron chi connectivity index (χ2n) is 2.63. The molecule has 0 aliphatic carbocycles. The maximum absolute atomic E-state index is 10.8. The summed E-state index contributed by atoms with van der Waals surface area (Å²) in [5.41, 5.74) is 5.11. The summed E-state index contributed by atoms with van der Waals surface area (Å²) in [6.07, 6.45) is 1.26. The van der Waals surface area contributed by atoms with Gasteiger partial charge in [0.2, 0.25) is 5.91 Å². The van der Waals surface area contributed by atoms with Crippen molar-refractivity contribution in [2.24, 2.45) is 5.73 Å². The highest BCUT2D eigenvalue weighted by Gasteiger charge is 2.39. The molecule has 2 unspecified atom stereocenters. The highest BCUT2D eigenvalue weighted by Crippen LogP contribution is 2.31. The van der Waals surface area contributed by atoms with E-state index in [0.717, 1.165) is 5.01 Å². The summed E-state index contributed by atoms with van der Waals surface area (Å²) < 4.78 is 5.02. The number of rotatable bonds is 2. The average molecular weight is 184 g/mol. The molecule has 1 aliphatic heterocycles. The molecule has 0 saturated carbocycles. The monoisotopic (exact) mass is 184 g/mol. The van der Waals surface area contributed by atoms with Crippen molar-refractivity contribution in [1.29, 1.82) is 0 Å². The Morgan fingerprint density at radius 1 is 1.83 bits per heavy atom. The van der Waals surface area contributed by atoms with Crippen molar-refractivity contribution in [3.05, 3.63) is 16.6 Å². The maximum atomic E-state index is 10.8. The molecule has 64 valence electrons. The van der Waals surface area contributed by atoms with E-state index in [0.29, 0.717) is 6.61 Å². The Kier molecular flexibility index (Phi) is 1.82. The van der Waals surface area contributed by atoms with Gasteiger partial charge in [0.1, 0.15) is 11.1 Å². The Balaban J connectivity index is 2.12. The predicted molar refractivity (Wildman–Crippen MR) is 43.8 cm³/mol. The molecule has 1 fully saturated rings. The Bertz CT molecular complexity index is 286. The normalized spacial score (nSPS) is 28.0. The van der Waals surface area contributed by atoms with E-state index >= 15 is 0 Å². The second-order valence-corrected chi connectivity index (χ2v) is 3.56. The first-order valence-electron chi connectivity index (χ1n) is 3.59. The van der Waals surface area contributed by atoms with Crippen LogP contribution in [0.25, 0.3) is 0 Å². The van der Waals surface area contributed by atoms with Gasteiger partial charge >= 0.3 is 0 Å². The summed E-state index contributed by atoms with van der Waals surface area (Å²) in [5.74, 6) is -0.316. The third kappa shape index (κ3) is 1.11. The minimum atomic E-state index is -0.462. The van der Waals surface area contributed by atoms with Crippen molar-refractivity contribution < 1.29 is 9.53 Å². The van der Waals surface area contributed by atoms with Crippen LogP contribution in [0, 0.1) is 0 Å². The van der Waals surface area contributed by atoms with Gasteiger partial charge < -0.3 is 10.5 Å². The minimum absolute atomic E-state index is 0.0856. The average Bonchev–Trinajstić information content (AvgIpc) is 2.35. The number of thiazole rings is 1. The molecule has 12 heavy (non-hydrogen) atoms. The van der Waals surface area contributed by atoms with Crippen LogP contribution in [0.3, 0.4) is 0 Å². The highest BCUT2D eigenvalue weighted by molar-refractivity contribution is 7.09. The van der Waals surface area contributed by atoms with Gasteiger partial charge in [0.15, 0.2) is 0 Å². The molecular formula is C7H8N2O2S. The molecule has 2 N–H and O–H groups in total. The zero-order valence-electron chi connectivity index (χ0n) is 6.27. The number of nitrogens with zero attached hydrogens (tertiary/aromatic N) is 1. The summed E-state index contributed by atoms with van der Waals surface area (Å²) in [5, 5.41) is 2.82. The van der Waals surface area contributed by atoms with E-state index in [4.69, 9.17) is 10.5 Å². The molecule has 1 aromatic rings. The summed E-state index contributed by atoms with van der Waals surface area (Å²) in [6.45, 7) is 0.557. The SMILES string of the molecule is NC(=O)C1OCC1c1nccs1. The van der Waals surface area contributed by atoms with Gasteiger partial charge in [-0.15, -0.1) is 11.3 Å². The Hall–Kier alpha value is -0.940. The first kappa shape index (κ1) is 7.70. The number of carbonyl (C=O) groups is 1. The van der Waals surface area contributed by atoms with E-state index < -0.39 is 12.0 Å². The lowest BCUT2D eigenvalue weighted by Crippen LogP contribution is -2.46. The number of aromatic nitrogens is 1. The number of nitrogens with two attached hydrogens (primary N) is 1. The van der Waals surface area contributed by atoms with Gasteiger partial charge in [-0.3, -0.25) is 4.79 Å². The first-order chi connectivity index (χ1) is 5.79. The van der Waals surface area contributed by atoms with Crippen LogP contribution in [0.2, 0.25) is 0 Å². The van der Waals surface area contributed by atoms with E-state index in [-0.39, 0.29) is 5.92 Å². The van der Waals surface area contributed by atoms with Gasteiger partial charge in [-0.2, -0.15) is 0 Å². The van der Waals surface area contributed by atoms with Crippen LogP contribution in [0.4, 0.5) is 0 Å². The molecule has 1 aliphatic rings. The lowest BCUT2D eigenvalue weighted by atomic mass is 9.98. The van der Waals surface area contributed by atoms with Crippen LogP contribution in [-0.2, 0) is 9.53 Å². The zero-order chi connectivity index (χ0) is 8.55. The van der Waals surface area contributed by atoms with Crippen molar-refractivity contribution in [1.82, 2.24) is 4.98 Å². The lowest BCUT2D eigenvalue weighted by molar-refractivity contribution is -0.146. The van der Waals surface area contributed by atoms with Crippen molar-refractivity contribution in [2.75, 3.05) is 6.61 Å². The number of ether oxygens (including phenoxy) is 1. The standard InChI is InChI=1S/C7H8N2O2S/c8-6(10)5-4(3-11-5)7-9-1-2-12-7/h1-2,4-5H,3H2,(H2,8,10). The minimum Gasteiger partial charge on any atom is -0.367 e. The number of amides is 1. The van der Waals surface area contributed by atoms with Gasteiger partial charge in [0, 0.05) is 11.6 Å². The van der Waals surface area contributed by atoms with Gasteiger partial charge in [-0.1, -0.05) is 0 Å². The molecule has 1 amide bonds. The van der Waals surface area contributed by atoms with Gasteiger partial charge in [0.05, 0.1) is 12.5 Å². The van der Waals surface area contributed by atoms with Gasteiger partial charge in [-0.05, 0) is 0 Å². The van der Waals surface area contributed by atoms with Crippen LogP contribution in [-0.4, -0.2) is 23.6 Å². The largest absolute Gasteiger partial charge is 0.367 e. The molecule has 4 nitrogen and oxygen atoms in total. The number of primary amides is 1. The van der Waals surface area contributed by atoms with Crippen LogP contribution in [0.5, 0.6) is 0 Å². The van der Waals surface area contributed by atoms with E-state index in [1.807, 2.05) is 5.38 Å². The van der Waals surface area contributed by atoms with Crippen LogP contribution < -0.4 is 5.73 Å². The molecule has 5 heteroatoms. The summed E-state index contributed by atoms with van der Waals surface area (Å²) >= 11 is 1.53. The summed E-state index contributed by atoms with van der Waals surface area (Å²) in [7, 11) is 0.